The van der Waals surface area contributed by atoms with Crippen LogP contribution < -0.4 is 0 Å². The second kappa shape index (κ2) is 4.21. The van der Waals surface area contributed by atoms with E-state index in [1.54, 1.807) is 30.3 Å². The van der Waals surface area contributed by atoms with E-state index >= 15 is 0 Å². The molecule has 1 atom stereocenters. The van der Waals surface area contributed by atoms with Crippen LogP contribution in [0, 0.1) is 0 Å². The van der Waals surface area contributed by atoms with Crippen LogP contribution in [0.1, 0.15) is 10.4 Å². The highest BCUT2D eigenvalue weighted by Gasteiger charge is 2.15. The van der Waals surface area contributed by atoms with Gasteiger partial charge in [-0.15, -0.1) is 11.6 Å². The van der Waals surface area contributed by atoms with Gasteiger partial charge in [-0.1, -0.05) is 30.3 Å². The maximum Gasteiger partial charge on any atom is 0.183 e. The monoisotopic (exact) mass is 186 g/mol. The van der Waals surface area contributed by atoms with Crippen molar-refractivity contribution in [3.63, 3.8) is 0 Å². The van der Waals surface area contributed by atoms with Gasteiger partial charge in [0.2, 0.25) is 0 Å². The van der Waals surface area contributed by atoms with E-state index in [1.807, 2.05) is 0 Å². The lowest BCUT2D eigenvalue weighted by molar-refractivity contribution is 0.0978. The zero-order valence-electron chi connectivity index (χ0n) is 6.34. The fourth-order valence-corrected chi connectivity index (χ4v) is 0.979. The lowest BCUT2D eigenvalue weighted by Gasteiger charge is -2.02. The van der Waals surface area contributed by atoms with Crippen molar-refractivity contribution in [1.82, 2.24) is 0 Å². The van der Waals surface area contributed by atoms with Gasteiger partial charge in [-0.3, -0.25) is 4.79 Å². The normalized spacial score (nSPS) is 12.5. The van der Waals surface area contributed by atoms with Crippen molar-refractivity contribution in [1.29, 1.82) is 0 Å². The predicted octanol–water partition coefficient (Wildman–Crippen LogP) is 2.45. The summed E-state index contributed by atoms with van der Waals surface area (Å²) in [5.74, 6) is -0.361. The average Bonchev–Trinajstić information content (AvgIpc) is 2.17. The van der Waals surface area contributed by atoms with Gasteiger partial charge in [-0.25, -0.2) is 4.39 Å². The predicted molar refractivity (Wildman–Crippen MR) is 46.4 cm³/mol. The van der Waals surface area contributed by atoms with Crippen LogP contribution in [-0.2, 0) is 0 Å². The van der Waals surface area contributed by atoms with E-state index in [1.165, 1.54) is 0 Å². The van der Waals surface area contributed by atoms with Gasteiger partial charge < -0.3 is 0 Å². The van der Waals surface area contributed by atoms with E-state index in [2.05, 4.69) is 0 Å². The Bertz CT molecular complexity index is 260. The topological polar surface area (TPSA) is 17.1 Å². The fraction of sp³-hybridized carbons (Fsp3) is 0.222. The molecule has 0 N–H and O–H groups in total. The molecule has 1 aromatic rings. The number of halogens is 2. The first-order chi connectivity index (χ1) is 5.75. The minimum Gasteiger partial charge on any atom is -0.292 e. The minimum absolute atomic E-state index is 0.361. The molecule has 0 spiro atoms. The van der Waals surface area contributed by atoms with E-state index in [9.17, 15) is 9.18 Å². The molecule has 0 fully saturated rings. The van der Waals surface area contributed by atoms with Crippen LogP contribution in [0.15, 0.2) is 30.3 Å². The first-order valence-corrected chi connectivity index (χ1v) is 3.98. The van der Waals surface area contributed by atoms with E-state index in [0.29, 0.717) is 5.56 Å². The van der Waals surface area contributed by atoms with Crippen molar-refractivity contribution in [2.24, 2.45) is 0 Å². The molecule has 1 rings (SSSR count). The number of carbonyl (C=O) groups is 1. The Balaban J connectivity index is 2.79. The molecule has 0 aliphatic heterocycles. The van der Waals surface area contributed by atoms with Crippen LogP contribution in [0.3, 0.4) is 0 Å². The molecule has 1 unspecified atom stereocenters. The van der Waals surface area contributed by atoms with Crippen LogP contribution in [-0.4, -0.2) is 17.8 Å². The van der Waals surface area contributed by atoms with Gasteiger partial charge in [-0.2, -0.15) is 0 Å². The molecule has 0 amide bonds. The van der Waals surface area contributed by atoms with Gasteiger partial charge in [0.15, 0.2) is 5.78 Å². The minimum atomic E-state index is -1.05. The molecule has 0 saturated carbocycles. The first-order valence-electron chi connectivity index (χ1n) is 3.55. The highest BCUT2D eigenvalue weighted by molar-refractivity contribution is 6.34. The Morgan fingerprint density at radius 2 is 2.00 bits per heavy atom. The summed E-state index contributed by atoms with van der Waals surface area (Å²) >= 11 is 5.43. The lowest BCUT2D eigenvalue weighted by Crippen LogP contribution is -2.16. The Hall–Kier alpha value is -0.890. The SMILES string of the molecule is O=C(c1ccccc1)C(Cl)CF. The molecule has 12 heavy (non-hydrogen) atoms. The van der Waals surface area contributed by atoms with Crippen molar-refractivity contribution in [2.45, 2.75) is 5.38 Å². The number of Topliss-reactive ketones (excluding diaryl/α,β-unsaturated/α-hetero) is 1. The summed E-state index contributed by atoms with van der Waals surface area (Å²) in [6.07, 6.45) is 0. The maximum absolute atomic E-state index is 12.0. The molecule has 0 aliphatic rings. The molecule has 3 heteroatoms. The molecule has 1 aromatic carbocycles. The number of hydrogen-bond donors (Lipinski definition) is 0. The Labute approximate surface area is 75.2 Å². The average molecular weight is 187 g/mol. The molecule has 0 heterocycles. The number of ketones is 1. The van der Waals surface area contributed by atoms with Gasteiger partial charge >= 0.3 is 0 Å². The zero-order chi connectivity index (χ0) is 8.97. The summed E-state index contributed by atoms with van der Waals surface area (Å²) in [5.41, 5.74) is 0.454. The molecule has 0 aliphatic carbocycles. The third-order valence-electron chi connectivity index (χ3n) is 1.48. The third-order valence-corrected chi connectivity index (χ3v) is 1.79. The van der Waals surface area contributed by atoms with Gasteiger partial charge in [0.05, 0.1) is 0 Å². The van der Waals surface area contributed by atoms with Crippen molar-refractivity contribution < 1.29 is 9.18 Å². The lowest BCUT2D eigenvalue weighted by atomic mass is 10.1. The van der Waals surface area contributed by atoms with Crippen LogP contribution in [0.2, 0.25) is 0 Å². The van der Waals surface area contributed by atoms with Crippen molar-refractivity contribution in [3.05, 3.63) is 35.9 Å². The number of alkyl halides is 2. The highest BCUT2D eigenvalue weighted by atomic mass is 35.5. The molecule has 0 saturated heterocycles. The second-order valence-corrected chi connectivity index (χ2v) is 2.88. The van der Waals surface area contributed by atoms with Crippen LogP contribution in [0.25, 0.3) is 0 Å². The molecule has 1 nitrogen and oxygen atoms in total. The van der Waals surface area contributed by atoms with Gasteiger partial charge in [-0.05, 0) is 0 Å². The standard InChI is InChI=1S/C9H8ClFO/c10-8(6-11)9(12)7-4-2-1-3-5-7/h1-5,8H,6H2. The maximum atomic E-state index is 12.0. The van der Waals surface area contributed by atoms with E-state index in [-0.39, 0.29) is 5.78 Å². The fourth-order valence-electron chi connectivity index (χ4n) is 0.853. The first kappa shape index (κ1) is 9.20. The summed E-state index contributed by atoms with van der Waals surface area (Å²) in [6.45, 7) is -0.824. The van der Waals surface area contributed by atoms with Crippen LogP contribution in [0.4, 0.5) is 4.39 Å². The number of carbonyl (C=O) groups excluding carboxylic acids is 1. The summed E-state index contributed by atoms with van der Waals surface area (Å²) in [7, 11) is 0. The molecule has 64 valence electrons. The molecule has 0 radical (unpaired) electrons. The Kier molecular flexibility index (Phi) is 3.23. The van der Waals surface area contributed by atoms with Crippen molar-refractivity contribution in [2.75, 3.05) is 6.67 Å². The smallest absolute Gasteiger partial charge is 0.183 e. The number of benzene rings is 1. The summed E-state index contributed by atoms with van der Waals surface area (Å²) in [5, 5.41) is -1.05. The molecular weight excluding hydrogens is 179 g/mol. The quantitative estimate of drug-likeness (QED) is 0.524. The van der Waals surface area contributed by atoms with Crippen molar-refractivity contribution in [3.8, 4) is 0 Å². The highest BCUT2D eigenvalue weighted by Crippen LogP contribution is 2.08. The molecule has 0 aromatic heterocycles. The Morgan fingerprint density at radius 1 is 1.42 bits per heavy atom. The third kappa shape index (κ3) is 2.05. The summed E-state index contributed by atoms with van der Waals surface area (Å²) in [4.78, 5) is 11.2. The van der Waals surface area contributed by atoms with Gasteiger partial charge in [0.25, 0.3) is 0 Å². The van der Waals surface area contributed by atoms with Gasteiger partial charge in [0.1, 0.15) is 12.1 Å². The molecular formula is C9H8ClFO. The largest absolute Gasteiger partial charge is 0.292 e. The zero-order valence-corrected chi connectivity index (χ0v) is 7.09. The Morgan fingerprint density at radius 3 is 2.50 bits per heavy atom. The van der Waals surface area contributed by atoms with Gasteiger partial charge in [0, 0.05) is 5.56 Å². The van der Waals surface area contributed by atoms with E-state index in [0.717, 1.165) is 0 Å². The second-order valence-electron chi connectivity index (χ2n) is 2.35. The summed E-state index contributed by atoms with van der Waals surface area (Å²) in [6, 6.07) is 8.46. The van der Waals surface area contributed by atoms with Crippen molar-refractivity contribution >= 4 is 17.4 Å². The van der Waals surface area contributed by atoms with E-state index < -0.39 is 12.1 Å². The number of rotatable bonds is 3. The van der Waals surface area contributed by atoms with Crippen LogP contribution in [0.5, 0.6) is 0 Å². The summed E-state index contributed by atoms with van der Waals surface area (Å²) < 4.78 is 12.0. The van der Waals surface area contributed by atoms with E-state index in [4.69, 9.17) is 11.6 Å². The van der Waals surface area contributed by atoms with Crippen LogP contribution >= 0.6 is 11.6 Å². The molecule has 0 bridgehead atoms. The number of hydrogen-bond acceptors (Lipinski definition) is 1.